The van der Waals surface area contributed by atoms with E-state index >= 15 is 0 Å². The predicted molar refractivity (Wildman–Crippen MR) is 73.3 cm³/mol. The van der Waals surface area contributed by atoms with Gasteiger partial charge >= 0.3 is 6.18 Å². The summed E-state index contributed by atoms with van der Waals surface area (Å²) >= 11 is 4.03. The summed E-state index contributed by atoms with van der Waals surface area (Å²) in [6, 6.07) is 10.3. The first-order valence-corrected chi connectivity index (χ1v) is 6.22. The third-order valence-electron chi connectivity index (χ3n) is 2.84. The maximum absolute atomic E-state index is 12.7. The van der Waals surface area contributed by atoms with Crippen LogP contribution in [0.1, 0.15) is 27.0 Å². The van der Waals surface area contributed by atoms with Crippen LogP contribution in [0.3, 0.4) is 0 Å². The molecule has 0 heterocycles. The second kappa shape index (κ2) is 5.62. The smallest absolute Gasteiger partial charge is 0.289 e. The van der Waals surface area contributed by atoms with Gasteiger partial charge in [0.05, 0.1) is 17.2 Å². The number of carbonyl (C=O) groups excluding carboxylic acids is 1. The average molecular weight is 307 g/mol. The summed E-state index contributed by atoms with van der Waals surface area (Å²) in [4.78, 5) is 12.4. The van der Waals surface area contributed by atoms with Crippen LogP contribution in [-0.2, 0) is 6.18 Å². The standard InChI is InChI=1S/C15H8F3NOS/c16-15(17,18)11-5-6-13(21)12(7-11)14(20)10-3-1-9(8-19)2-4-10/h1-7,21H. The van der Waals surface area contributed by atoms with Crippen LogP contribution in [0, 0.1) is 11.3 Å². The fraction of sp³-hybridized carbons (Fsp3) is 0.0667. The van der Waals surface area contributed by atoms with Crippen molar-refractivity contribution in [3.05, 3.63) is 64.7 Å². The van der Waals surface area contributed by atoms with E-state index in [9.17, 15) is 18.0 Å². The Labute approximate surface area is 124 Å². The lowest BCUT2D eigenvalue weighted by Crippen LogP contribution is -2.09. The summed E-state index contributed by atoms with van der Waals surface area (Å²) in [5, 5.41) is 8.68. The first-order chi connectivity index (χ1) is 9.82. The van der Waals surface area contributed by atoms with E-state index in [-0.39, 0.29) is 16.0 Å². The van der Waals surface area contributed by atoms with E-state index in [1.54, 1.807) is 0 Å². The van der Waals surface area contributed by atoms with Gasteiger partial charge in [-0.3, -0.25) is 4.79 Å². The number of nitriles is 1. The molecule has 0 spiro atoms. The van der Waals surface area contributed by atoms with Crippen molar-refractivity contribution < 1.29 is 18.0 Å². The molecule has 0 aliphatic heterocycles. The number of ketones is 1. The molecule has 0 radical (unpaired) electrons. The molecule has 106 valence electrons. The van der Waals surface area contributed by atoms with Gasteiger partial charge in [-0.1, -0.05) is 0 Å². The van der Waals surface area contributed by atoms with Crippen molar-refractivity contribution in [2.75, 3.05) is 0 Å². The first kappa shape index (κ1) is 15.1. The highest BCUT2D eigenvalue weighted by molar-refractivity contribution is 7.80. The molecule has 2 aromatic rings. The highest BCUT2D eigenvalue weighted by Gasteiger charge is 2.31. The van der Waals surface area contributed by atoms with Gasteiger partial charge in [-0.2, -0.15) is 18.4 Å². The fourth-order valence-corrected chi connectivity index (χ4v) is 1.99. The van der Waals surface area contributed by atoms with Gasteiger partial charge in [-0.25, -0.2) is 0 Å². The van der Waals surface area contributed by atoms with Crippen LogP contribution in [0.15, 0.2) is 47.4 Å². The van der Waals surface area contributed by atoms with Crippen LogP contribution in [-0.4, -0.2) is 5.78 Å². The number of thiol groups is 1. The van der Waals surface area contributed by atoms with Crippen LogP contribution >= 0.6 is 12.6 Å². The number of alkyl halides is 3. The van der Waals surface area contributed by atoms with Gasteiger partial charge in [-0.15, -0.1) is 12.6 Å². The van der Waals surface area contributed by atoms with Crippen LogP contribution in [0.4, 0.5) is 13.2 Å². The summed E-state index contributed by atoms with van der Waals surface area (Å²) in [7, 11) is 0. The minimum atomic E-state index is -4.53. The van der Waals surface area contributed by atoms with Crippen molar-refractivity contribution in [1.82, 2.24) is 0 Å². The minimum Gasteiger partial charge on any atom is -0.289 e. The highest BCUT2D eigenvalue weighted by Crippen LogP contribution is 2.32. The third-order valence-corrected chi connectivity index (χ3v) is 3.23. The molecule has 0 fully saturated rings. The van der Waals surface area contributed by atoms with Crippen LogP contribution in [0.5, 0.6) is 0 Å². The Kier molecular flexibility index (Phi) is 4.05. The van der Waals surface area contributed by atoms with E-state index in [0.717, 1.165) is 18.2 Å². The fourth-order valence-electron chi connectivity index (χ4n) is 1.75. The van der Waals surface area contributed by atoms with Crippen molar-refractivity contribution >= 4 is 18.4 Å². The van der Waals surface area contributed by atoms with Crippen LogP contribution in [0.25, 0.3) is 0 Å². The summed E-state index contributed by atoms with van der Waals surface area (Å²) in [6.45, 7) is 0. The maximum Gasteiger partial charge on any atom is 0.416 e. The Morgan fingerprint density at radius 1 is 1.10 bits per heavy atom. The first-order valence-electron chi connectivity index (χ1n) is 5.78. The van der Waals surface area contributed by atoms with Crippen molar-refractivity contribution in [3.8, 4) is 6.07 Å². The summed E-state index contributed by atoms with van der Waals surface area (Å²) in [5.41, 5.74) is -0.472. The van der Waals surface area contributed by atoms with E-state index in [1.807, 2.05) is 6.07 Å². The molecule has 0 unspecified atom stereocenters. The predicted octanol–water partition coefficient (Wildman–Crippen LogP) is 4.10. The van der Waals surface area contributed by atoms with E-state index in [0.29, 0.717) is 5.56 Å². The Morgan fingerprint density at radius 2 is 1.71 bits per heavy atom. The molecule has 21 heavy (non-hydrogen) atoms. The van der Waals surface area contributed by atoms with Crippen molar-refractivity contribution in [2.24, 2.45) is 0 Å². The number of halogens is 3. The molecule has 0 N–H and O–H groups in total. The number of carbonyl (C=O) groups is 1. The number of benzene rings is 2. The zero-order chi connectivity index (χ0) is 15.6. The quantitative estimate of drug-likeness (QED) is 0.670. The summed E-state index contributed by atoms with van der Waals surface area (Å²) in [5.74, 6) is -0.574. The van der Waals surface area contributed by atoms with E-state index in [4.69, 9.17) is 5.26 Å². The third kappa shape index (κ3) is 3.26. The molecule has 0 aromatic heterocycles. The molecule has 0 atom stereocenters. The van der Waals surface area contributed by atoms with E-state index < -0.39 is 17.5 Å². The molecule has 0 saturated heterocycles. The summed E-state index contributed by atoms with van der Waals surface area (Å²) < 4.78 is 38.1. The largest absolute Gasteiger partial charge is 0.416 e. The maximum atomic E-state index is 12.7. The average Bonchev–Trinajstić information content (AvgIpc) is 2.46. The molecule has 0 aliphatic carbocycles. The second-order valence-electron chi connectivity index (χ2n) is 4.25. The van der Waals surface area contributed by atoms with Crippen molar-refractivity contribution in [1.29, 1.82) is 5.26 Å². The number of hydrogen-bond donors (Lipinski definition) is 1. The van der Waals surface area contributed by atoms with Crippen molar-refractivity contribution in [3.63, 3.8) is 0 Å². The Bertz CT molecular complexity index is 730. The van der Waals surface area contributed by atoms with Gasteiger partial charge in [0.25, 0.3) is 0 Å². The Balaban J connectivity index is 2.45. The lowest BCUT2D eigenvalue weighted by Gasteiger charge is -2.10. The minimum absolute atomic E-state index is 0.127. The van der Waals surface area contributed by atoms with Gasteiger partial charge in [-0.05, 0) is 42.5 Å². The monoisotopic (exact) mass is 307 g/mol. The zero-order valence-corrected chi connectivity index (χ0v) is 11.4. The molecule has 6 heteroatoms. The number of hydrogen-bond acceptors (Lipinski definition) is 3. The molecule has 2 rings (SSSR count). The molecule has 2 nitrogen and oxygen atoms in total. The van der Waals surface area contributed by atoms with Gasteiger partial charge in [0, 0.05) is 16.0 Å². The highest BCUT2D eigenvalue weighted by atomic mass is 32.1. The molecular weight excluding hydrogens is 299 g/mol. The Morgan fingerprint density at radius 3 is 2.24 bits per heavy atom. The lowest BCUT2D eigenvalue weighted by atomic mass is 10.00. The van der Waals surface area contributed by atoms with Crippen LogP contribution < -0.4 is 0 Å². The number of nitrogens with zero attached hydrogens (tertiary/aromatic N) is 1. The van der Waals surface area contributed by atoms with Gasteiger partial charge in [0.15, 0.2) is 5.78 Å². The molecule has 2 aromatic carbocycles. The molecule has 0 saturated carbocycles. The second-order valence-corrected chi connectivity index (χ2v) is 4.73. The Hall–Kier alpha value is -2.26. The SMILES string of the molecule is N#Cc1ccc(C(=O)c2cc(C(F)(F)F)ccc2S)cc1. The topological polar surface area (TPSA) is 40.9 Å². The van der Waals surface area contributed by atoms with E-state index in [2.05, 4.69) is 12.6 Å². The molecule has 0 aliphatic rings. The van der Waals surface area contributed by atoms with E-state index in [1.165, 1.54) is 24.3 Å². The van der Waals surface area contributed by atoms with Gasteiger partial charge in [0.1, 0.15) is 0 Å². The van der Waals surface area contributed by atoms with Gasteiger partial charge in [0.2, 0.25) is 0 Å². The summed E-state index contributed by atoms with van der Waals surface area (Å²) in [6.07, 6.45) is -4.53. The molecule has 0 bridgehead atoms. The van der Waals surface area contributed by atoms with Gasteiger partial charge < -0.3 is 0 Å². The van der Waals surface area contributed by atoms with Crippen molar-refractivity contribution in [2.45, 2.75) is 11.1 Å². The zero-order valence-electron chi connectivity index (χ0n) is 10.5. The molecular formula is C15H8F3NOS. The molecule has 0 amide bonds. The number of rotatable bonds is 2. The van der Waals surface area contributed by atoms with Crippen LogP contribution in [0.2, 0.25) is 0 Å². The normalized spacial score (nSPS) is 11.0. The lowest BCUT2D eigenvalue weighted by molar-refractivity contribution is -0.137.